The van der Waals surface area contributed by atoms with E-state index < -0.39 is 0 Å². The average Bonchev–Trinajstić information content (AvgIpc) is 3.03. The van der Waals surface area contributed by atoms with Crippen molar-refractivity contribution in [3.05, 3.63) is 22.0 Å². The molecule has 2 aromatic rings. The van der Waals surface area contributed by atoms with Gasteiger partial charge < -0.3 is 15.2 Å². The number of methoxy groups -OCH3 is 2. The number of nitrogen functional groups attached to an aromatic ring is 1. The summed E-state index contributed by atoms with van der Waals surface area (Å²) in [6.07, 6.45) is 6.53. The molecular weight excluding hydrogens is 356 g/mol. The Hall–Kier alpha value is -1.46. The van der Waals surface area contributed by atoms with E-state index in [1.807, 2.05) is 12.1 Å². The second kappa shape index (κ2) is 7.83. The van der Waals surface area contributed by atoms with Crippen LogP contribution in [0.25, 0.3) is 11.3 Å². The number of ether oxygens (including phenoxy) is 2. The van der Waals surface area contributed by atoms with Gasteiger partial charge in [0.15, 0.2) is 5.13 Å². The molecular formula is C19H25ClN2O2S. The smallest absolute Gasteiger partial charge is 0.180 e. The summed E-state index contributed by atoms with van der Waals surface area (Å²) in [7, 11) is 3.24. The zero-order valence-corrected chi connectivity index (χ0v) is 16.5. The zero-order valence-electron chi connectivity index (χ0n) is 15.0. The zero-order chi connectivity index (χ0) is 18.0. The van der Waals surface area contributed by atoms with E-state index >= 15 is 0 Å². The molecule has 1 heterocycles. The number of thiazole rings is 1. The minimum atomic E-state index is 0.427. The van der Waals surface area contributed by atoms with Crippen molar-refractivity contribution in [2.75, 3.05) is 20.0 Å². The third-order valence-corrected chi connectivity index (χ3v) is 6.55. The van der Waals surface area contributed by atoms with Gasteiger partial charge in [0.2, 0.25) is 0 Å². The molecule has 1 atom stereocenters. The molecule has 1 fully saturated rings. The summed E-state index contributed by atoms with van der Waals surface area (Å²) >= 11 is 7.94. The van der Waals surface area contributed by atoms with E-state index in [-0.39, 0.29) is 0 Å². The quantitative estimate of drug-likeness (QED) is 0.717. The molecule has 0 spiro atoms. The van der Waals surface area contributed by atoms with Crippen LogP contribution in [0.5, 0.6) is 11.5 Å². The van der Waals surface area contributed by atoms with Gasteiger partial charge in [-0.2, -0.15) is 0 Å². The van der Waals surface area contributed by atoms with E-state index in [1.54, 1.807) is 25.6 Å². The number of benzene rings is 1. The molecule has 0 saturated heterocycles. The Bertz CT molecular complexity index is 741. The normalized spacial score (nSPS) is 16.6. The van der Waals surface area contributed by atoms with Gasteiger partial charge in [-0.3, -0.25) is 0 Å². The molecule has 0 radical (unpaired) electrons. The molecule has 1 unspecified atom stereocenters. The molecule has 0 bridgehead atoms. The minimum absolute atomic E-state index is 0.427. The molecule has 1 aliphatic rings. The number of hydrogen-bond acceptors (Lipinski definition) is 5. The topological polar surface area (TPSA) is 57.4 Å². The maximum atomic E-state index is 6.36. The van der Waals surface area contributed by atoms with Crippen molar-refractivity contribution in [1.29, 1.82) is 0 Å². The SMILES string of the molecule is COc1cc(OC)c(-c2nc(N)sc2C(C)C2CCCCC2)cc1Cl. The Balaban J connectivity index is 2.05. The van der Waals surface area contributed by atoms with Gasteiger partial charge >= 0.3 is 0 Å². The largest absolute Gasteiger partial charge is 0.496 e. The van der Waals surface area contributed by atoms with Gasteiger partial charge in [-0.25, -0.2) is 4.98 Å². The predicted octanol–water partition coefficient (Wildman–Crippen LogP) is 5.75. The van der Waals surface area contributed by atoms with Crippen molar-refractivity contribution < 1.29 is 9.47 Å². The molecule has 1 aromatic heterocycles. The molecule has 2 N–H and O–H groups in total. The third kappa shape index (κ3) is 3.72. The molecule has 4 nitrogen and oxygen atoms in total. The van der Waals surface area contributed by atoms with Crippen LogP contribution in [-0.4, -0.2) is 19.2 Å². The van der Waals surface area contributed by atoms with E-state index in [2.05, 4.69) is 11.9 Å². The van der Waals surface area contributed by atoms with Gasteiger partial charge in [0, 0.05) is 16.5 Å². The summed E-state index contributed by atoms with van der Waals surface area (Å²) in [5.41, 5.74) is 7.84. The maximum Gasteiger partial charge on any atom is 0.180 e. The number of nitrogens with two attached hydrogens (primary N) is 1. The maximum absolute atomic E-state index is 6.36. The van der Waals surface area contributed by atoms with E-state index in [1.165, 1.54) is 37.0 Å². The van der Waals surface area contributed by atoms with Gasteiger partial charge in [-0.15, -0.1) is 11.3 Å². The summed E-state index contributed by atoms with van der Waals surface area (Å²) in [6, 6.07) is 3.67. The number of anilines is 1. The fourth-order valence-electron chi connectivity index (χ4n) is 3.74. The first-order valence-electron chi connectivity index (χ1n) is 8.73. The molecule has 25 heavy (non-hydrogen) atoms. The van der Waals surface area contributed by atoms with E-state index in [9.17, 15) is 0 Å². The number of halogens is 1. The van der Waals surface area contributed by atoms with E-state index in [0.29, 0.717) is 33.5 Å². The fourth-order valence-corrected chi connectivity index (χ4v) is 4.98. The van der Waals surface area contributed by atoms with Crippen molar-refractivity contribution in [2.45, 2.75) is 44.9 Å². The van der Waals surface area contributed by atoms with Gasteiger partial charge in [0.1, 0.15) is 11.5 Å². The lowest BCUT2D eigenvalue weighted by Crippen LogP contribution is -2.13. The molecule has 0 aliphatic heterocycles. The van der Waals surface area contributed by atoms with Gasteiger partial charge in [0.05, 0.1) is 24.9 Å². The van der Waals surface area contributed by atoms with Gasteiger partial charge in [-0.05, 0) is 30.7 Å². The predicted molar refractivity (Wildman–Crippen MR) is 105 cm³/mol. The van der Waals surface area contributed by atoms with Crippen LogP contribution in [0.3, 0.4) is 0 Å². The Morgan fingerprint density at radius 2 is 1.84 bits per heavy atom. The highest BCUT2D eigenvalue weighted by molar-refractivity contribution is 7.15. The molecule has 0 amide bonds. The first kappa shape index (κ1) is 18.3. The highest BCUT2D eigenvalue weighted by Crippen LogP contribution is 2.46. The van der Waals surface area contributed by atoms with E-state index in [0.717, 1.165) is 11.3 Å². The van der Waals surface area contributed by atoms with Crippen LogP contribution in [0.2, 0.25) is 5.02 Å². The van der Waals surface area contributed by atoms with Gasteiger partial charge in [0.25, 0.3) is 0 Å². The number of aromatic nitrogens is 1. The summed E-state index contributed by atoms with van der Waals surface area (Å²) in [5, 5.41) is 1.13. The highest BCUT2D eigenvalue weighted by Gasteiger charge is 2.27. The molecule has 1 saturated carbocycles. The van der Waals surface area contributed by atoms with Crippen LogP contribution in [0.4, 0.5) is 5.13 Å². The lowest BCUT2D eigenvalue weighted by atomic mass is 9.79. The summed E-state index contributed by atoms with van der Waals surface area (Å²) in [6.45, 7) is 2.30. The standard InChI is InChI=1S/C19H25ClN2O2S/c1-11(12-7-5-4-6-8-12)18-17(22-19(21)25-18)13-9-14(20)16(24-3)10-15(13)23-2/h9-12H,4-8H2,1-3H3,(H2,21,22). The van der Waals surface area contributed by atoms with Crippen molar-refractivity contribution in [3.8, 4) is 22.8 Å². The number of hydrogen-bond donors (Lipinski definition) is 1. The van der Waals surface area contributed by atoms with Crippen LogP contribution in [0, 0.1) is 5.92 Å². The second-order valence-corrected chi connectivity index (χ2v) is 8.11. The first-order chi connectivity index (χ1) is 12.0. The van der Waals surface area contributed by atoms with Crippen LogP contribution >= 0.6 is 22.9 Å². The summed E-state index contributed by atoms with van der Waals surface area (Å²) < 4.78 is 10.9. The lowest BCUT2D eigenvalue weighted by molar-refractivity contribution is 0.318. The molecule has 6 heteroatoms. The van der Waals surface area contributed by atoms with Crippen LogP contribution in [0.1, 0.15) is 49.8 Å². The highest BCUT2D eigenvalue weighted by atomic mass is 35.5. The number of nitrogens with zero attached hydrogens (tertiary/aromatic N) is 1. The lowest BCUT2D eigenvalue weighted by Gasteiger charge is -2.27. The molecule has 136 valence electrons. The Morgan fingerprint density at radius 3 is 2.48 bits per heavy atom. The van der Waals surface area contributed by atoms with Crippen LogP contribution in [-0.2, 0) is 0 Å². The van der Waals surface area contributed by atoms with Crippen molar-refractivity contribution in [1.82, 2.24) is 4.98 Å². The Morgan fingerprint density at radius 1 is 1.16 bits per heavy atom. The summed E-state index contributed by atoms with van der Waals surface area (Å²) in [4.78, 5) is 5.84. The van der Waals surface area contributed by atoms with Crippen molar-refractivity contribution >= 4 is 28.1 Å². The molecule has 1 aliphatic carbocycles. The molecule has 3 rings (SSSR count). The summed E-state index contributed by atoms with van der Waals surface area (Å²) in [5.74, 6) is 2.40. The van der Waals surface area contributed by atoms with Crippen molar-refractivity contribution in [3.63, 3.8) is 0 Å². The monoisotopic (exact) mass is 380 g/mol. The minimum Gasteiger partial charge on any atom is -0.496 e. The first-order valence-corrected chi connectivity index (χ1v) is 9.92. The van der Waals surface area contributed by atoms with E-state index in [4.69, 9.17) is 26.8 Å². The Kier molecular flexibility index (Phi) is 5.74. The second-order valence-electron chi connectivity index (χ2n) is 6.64. The average molecular weight is 381 g/mol. The number of rotatable bonds is 5. The van der Waals surface area contributed by atoms with Gasteiger partial charge in [-0.1, -0.05) is 37.8 Å². The van der Waals surface area contributed by atoms with Crippen LogP contribution < -0.4 is 15.2 Å². The van der Waals surface area contributed by atoms with Crippen molar-refractivity contribution in [2.24, 2.45) is 5.92 Å². The van der Waals surface area contributed by atoms with Crippen LogP contribution in [0.15, 0.2) is 12.1 Å². The fraction of sp³-hybridized carbons (Fsp3) is 0.526. The Labute approximate surface area is 158 Å². The molecule has 1 aromatic carbocycles. The third-order valence-electron chi connectivity index (χ3n) is 5.17.